The van der Waals surface area contributed by atoms with E-state index in [1.54, 1.807) is 0 Å². The number of aliphatic carboxylic acids is 1. The Kier molecular flexibility index (Phi) is 2.25. The molecule has 1 fully saturated rings. The lowest BCUT2D eigenvalue weighted by atomic mass is 9.99. The first-order chi connectivity index (χ1) is 6.74. The number of nitrogens with two attached hydrogens (primary N) is 1. The van der Waals surface area contributed by atoms with Crippen LogP contribution < -0.4 is 5.73 Å². The van der Waals surface area contributed by atoms with Crippen LogP contribution >= 0.6 is 0 Å². The molecular weight excluding hydrogens is 184 g/mol. The molecule has 5 nitrogen and oxygen atoms in total. The van der Waals surface area contributed by atoms with Gasteiger partial charge in [-0.25, -0.2) is 0 Å². The minimum absolute atomic E-state index is 0.0796. The smallest absolute Gasteiger partial charge is 0.312 e. The average Bonchev–Trinajstić information content (AvgIpc) is 2.88. The SMILES string of the molecule is NCC(C(=O)O)c1cnoc1C1CC1. The van der Waals surface area contributed by atoms with Crippen LogP contribution in [0.5, 0.6) is 0 Å². The van der Waals surface area contributed by atoms with Gasteiger partial charge in [0.2, 0.25) is 0 Å². The molecule has 3 N–H and O–H groups in total. The molecule has 1 aromatic heterocycles. The standard InChI is InChI=1S/C9H12N2O3/c10-3-6(9(12)13)7-4-11-14-8(7)5-1-2-5/h4-6H,1-3,10H2,(H,12,13). The van der Waals surface area contributed by atoms with Crippen molar-refractivity contribution in [3.05, 3.63) is 17.5 Å². The van der Waals surface area contributed by atoms with E-state index in [4.69, 9.17) is 15.4 Å². The summed E-state index contributed by atoms with van der Waals surface area (Å²) >= 11 is 0. The van der Waals surface area contributed by atoms with Gasteiger partial charge in [0.1, 0.15) is 5.76 Å². The lowest BCUT2D eigenvalue weighted by Gasteiger charge is -2.07. The molecular formula is C9H12N2O3. The van der Waals surface area contributed by atoms with Crippen molar-refractivity contribution in [2.75, 3.05) is 6.54 Å². The Balaban J connectivity index is 2.28. The molecule has 1 heterocycles. The van der Waals surface area contributed by atoms with E-state index in [-0.39, 0.29) is 6.54 Å². The van der Waals surface area contributed by atoms with Gasteiger partial charge in [-0.1, -0.05) is 5.16 Å². The highest BCUT2D eigenvalue weighted by atomic mass is 16.5. The summed E-state index contributed by atoms with van der Waals surface area (Å²) in [6.07, 6.45) is 3.58. The Morgan fingerprint density at radius 1 is 1.79 bits per heavy atom. The number of carbonyl (C=O) groups is 1. The first-order valence-corrected chi connectivity index (χ1v) is 4.61. The molecule has 1 aliphatic rings. The van der Waals surface area contributed by atoms with Crippen molar-refractivity contribution < 1.29 is 14.4 Å². The van der Waals surface area contributed by atoms with Crippen LogP contribution in [0.1, 0.15) is 36.0 Å². The van der Waals surface area contributed by atoms with Crippen LogP contribution in [-0.2, 0) is 4.79 Å². The van der Waals surface area contributed by atoms with E-state index >= 15 is 0 Å². The monoisotopic (exact) mass is 196 g/mol. The number of nitrogens with zero attached hydrogens (tertiary/aromatic N) is 1. The Hall–Kier alpha value is -1.36. The molecule has 0 spiro atoms. The van der Waals surface area contributed by atoms with Gasteiger partial charge in [0.05, 0.1) is 12.1 Å². The van der Waals surface area contributed by atoms with Crippen LogP contribution in [0.2, 0.25) is 0 Å². The van der Waals surface area contributed by atoms with Crippen LogP contribution in [0.15, 0.2) is 10.7 Å². The Bertz CT molecular complexity index is 344. The molecule has 0 radical (unpaired) electrons. The first-order valence-electron chi connectivity index (χ1n) is 4.61. The molecule has 0 bridgehead atoms. The minimum Gasteiger partial charge on any atom is -0.481 e. The van der Waals surface area contributed by atoms with E-state index in [9.17, 15) is 4.79 Å². The average molecular weight is 196 g/mol. The zero-order valence-corrected chi connectivity index (χ0v) is 7.64. The fraction of sp³-hybridized carbons (Fsp3) is 0.556. The molecule has 2 rings (SSSR count). The zero-order valence-electron chi connectivity index (χ0n) is 7.64. The van der Waals surface area contributed by atoms with Gasteiger partial charge in [0.15, 0.2) is 0 Å². The van der Waals surface area contributed by atoms with E-state index in [1.165, 1.54) is 6.20 Å². The second-order valence-corrected chi connectivity index (χ2v) is 3.55. The largest absolute Gasteiger partial charge is 0.481 e. The molecule has 1 aromatic rings. The van der Waals surface area contributed by atoms with Crippen LogP contribution in [0.3, 0.4) is 0 Å². The molecule has 0 amide bonds. The molecule has 0 aromatic carbocycles. The zero-order chi connectivity index (χ0) is 10.1. The Morgan fingerprint density at radius 3 is 3.00 bits per heavy atom. The maximum Gasteiger partial charge on any atom is 0.312 e. The summed E-state index contributed by atoms with van der Waals surface area (Å²) in [6.45, 7) is 0.0796. The van der Waals surface area contributed by atoms with E-state index in [0.29, 0.717) is 17.2 Å². The van der Waals surface area contributed by atoms with Crippen molar-refractivity contribution in [2.45, 2.75) is 24.7 Å². The van der Waals surface area contributed by atoms with Gasteiger partial charge >= 0.3 is 5.97 Å². The summed E-state index contributed by atoms with van der Waals surface area (Å²) in [5.74, 6) is -0.529. The molecule has 1 unspecified atom stereocenters. The molecule has 14 heavy (non-hydrogen) atoms. The first kappa shape index (κ1) is 9.21. The molecule has 1 aliphatic carbocycles. The predicted octanol–water partition coefficient (Wildman–Crippen LogP) is 0.679. The third-order valence-corrected chi connectivity index (χ3v) is 2.48. The fourth-order valence-corrected chi connectivity index (χ4v) is 1.53. The third-order valence-electron chi connectivity index (χ3n) is 2.48. The van der Waals surface area contributed by atoms with Crippen molar-refractivity contribution in [1.82, 2.24) is 5.16 Å². The van der Waals surface area contributed by atoms with Gasteiger partial charge in [0.25, 0.3) is 0 Å². The van der Waals surface area contributed by atoms with Crippen molar-refractivity contribution in [3.8, 4) is 0 Å². The molecule has 76 valence electrons. The number of rotatable bonds is 4. The normalized spacial score (nSPS) is 18.1. The molecule has 1 atom stereocenters. The van der Waals surface area contributed by atoms with Gasteiger partial charge in [-0.05, 0) is 12.8 Å². The Labute approximate surface area is 80.9 Å². The lowest BCUT2D eigenvalue weighted by molar-refractivity contribution is -0.138. The molecule has 1 saturated carbocycles. The summed E-state index contributed by atoms with van der Waals surface area (Å²) in [5, 5.41) is 12.6. The highest BCUT2D eigenvalue weighted by Crippen LogP contribution is 2.43. The van der Waals surface area contributed by atoms with Crippen LogP contribution in [0.4, 0.5) is 0 Å². The Morgan fingerprint density at radius 2 is 2.50 bits per heavy atom. The van der Waals surface area contributed by atoms with Gasteiger partial charge < -0.3 is 15.4 Å². The van der Waals surface area contributed by atoms with Crippen molar-refractivity contribution in [1.29, 1.82) is 0 Å². The topological polar surface area (TPSA) is 89.4 Å². The fourth-order valence-electron chi connectivity index (χ4n) is 1.53. The number of carboxylic acids is 1. The second kappa shape index (κ2) is 3.42. The van der Waals surface area contributed by atoms with E-state index < -0.39 is 11.9 Å². The van der Waals surface area contributed by atoms with Crippen LogP contribution in [0.25, 0.3) is 0 Å². The molecule has 0 aliphatic heterocycles. The summed E-state index contributed by atoms with van der Waals surface area (Å²) < 4.78 is 5.05. The predicted molar refractivity (Wildman–Crippen MR) is 47.9 cm³/mol. The maximum atomic E-state index is 10.9. The summed E-state index contributed by atoms with van der Waals surface area (Å²) in [4.78, 5) is 10.9. The highest BCUT2D eigenvalue weighted by Gasteiger charge is 2.34. The van der Waals surface area contributed by atoms with Crippen molar-refractivity contribution in [2.24, 2.45) is 5.73 Å². The van der Waals surface area contributed by atoms with Gasteiger partial charge in [0, 0.05) is 18.0 Å². The number of carboxylic acid groups (broad SMARTS) is 1. The lowest BCUT2D eigenvalue weighted by Crippen LogP contribution is -2.21. The minimum atomic E-state index is -0.919. The van der Waals surface area contributed by atoms with Crippen molar-refractivity contribution in [3.63, 3.8) is 0 Å². The quantitative estimate of drug-likeness (QED) is 0.739. The number of hydrogen-bond donors (Lipinski definition) is 2. The summed E-state index contributed by atoms with van der Waals surface area (Å²) in [7, 11) is 0. The van der Waals surface area contributed by atoms with E-state index in [0.717, 1.165) is 12.8 Å². The van der Waals surface area contributed by atoms with Gasteiger partial charge in [-0.3, -0.25) is 4.79 Å². The van der Waals surface area contributed by atoms with E-state index in [1.807, 2.05) is 0 Å². The molecule has 0 saturated heterocycles. The number of hydrogen-bond acceptors (Lipinski definition) is 4. The van der Waals surface area contributed by atoms with Gasteiger partial charge in [-0.15, -0.1) is 0 Å². The summed E-state index contributed by atoms with van der Waals surface area (Å²) in [6, 6.07) is 0. The second-order valence-electron chi connectivity index (χ2n) is 3.55. The highest BCUT2D eigenvalue weighted by molar-refractivity contribution is 5.76. The summed E-state index contributed by atoms with van der Waals surface area (Å²) in [5.41, 5.74) is 6.05. The maximum absolute atomic E-state index is 10.9. The van der Waals surface area contributed by atoms with Crippen LogP contribution in [-0.4, -0.2) is 22.8 Å². The van der Waals surface area contributed by atoms with Crippen molar-refractivity contribution >= 4 is 5.97 Å². The van der Waals surface area contributed by atoms with E-state index in [2.05, 4.69) is 5.16 Å². The van der Waals surface area contributed by atoms with Crippen LogP contribution in [0, 0.1) is 0 Å². The molecule has 5 heteroatoms. The third kappa shape index (κ3) is 1.50. The van der Waals surface area contributed by atoms with Gasteiger partial charge in [-0.2, -0.15) is 0 Å². The number of aromatic nitrogens is 1.